The molecule has 0 aliphatic rings. The van der Waals surface area contributed by atoms with Gasteiger partial charge in [0.1, 0.15) is 5.75 Å². The zero-order valence-corrected chi connectivity index (χ0v) is 12.6. The molecule has 0 atom stereocenters. The monoisotopic (exact) mass is 276 g/mol. The van der Waals surface area contributed by atoms with E-state index in [0.29, 0.717) is 12.5 Å². The molecule has 20 heavy (non-hydrogen) atoms. The van der Waals surface area contributed by atoms with Gasteiger partial charge in [-0.1, -0.05) is 32.4 Å². The van der Waals surface area contributed by atoms with Crippen LogP contribution in [-0.4, -0.2) is 19.7 Å². The highest BCUT2D eigenvalue weighted by molar-refractivity contribution is 5.87. The first kappa shape index (κ1) is 16.3. The van der Waals surface area contributed by atoms with Gasteiger partial charge in [0.25, 0.3) is 0 Å². The van der Waals surface area contributed by atoms with Crippen LogP contribution in [0.2, 0.25) is 0 Å². The van der Waals surface area contributed by atoms with E-state index in [2.05, 4.69) is 13.8 Å². The Balaban J connectivity index is 2.25. The molecule has 1 aromatic rings. The van der Waals surface area contributed by atoms with Crippen molar-refractivity contribution in [3.63, 3.8) is 0 Å². The Kier molecular flexibility index (Phi) is 7.48. The lowest BCUT2D eigenvalue weighted by Crippen LogP contribution is -2.02. The summed E-state index contributed by atoms with van der Waals surface area (Å²) < 4.78 is 10.2. The Labute approximate surface area is 121 Å². The maximum absolute atomic E-state index is 11.5. The first-order valence-electron chi connectivity index (χ1n) is 7.10. The number of hydrogen-bond donors (Lipinski definition) is 0. The number of carbonyl (C=O) groups excluding carboxylic acids is 1. The number of ether oxygens (including phenoxy) is 2. The molecule has 0 saturated heterocycles. The van der Waals surface area contributed by atoms with Crippen LogP contribution in [0.15, 0.2) is 30.3 Å². The minimum Gasteiger partial charge on any atom is -0.497 e. The van der Waals surface area contributed by atoms with Gasteiger partial charge in [-0.15, -0.1) is 0 Å². The lowest BCUT2D eigenvalue weighted by Gasteiger charge is -2.04. The first-order chi connectivity index (χ1) is 9.61. The molecule has 0 aromatic heterocycles. The number of rotatable bonds is 8. The smallest absolute Gasteiger partial charge is 0.330 e. The van der Waals surface area contributed by atoms with Crippen LogP contribution in [0, 0.1) is 5.92 Å². The third-order valence-electron chi connectivity index (χ3n) is 2.95. The fraction of sp³-hybridized carbons (Fsp3) is 0.471. The highest BCUT2D eigenvalue weighted by Crippen LogP contribution is 2.12. The third-order valence-corrected chi connectivity index (χ3v) is 2.95. The fourth-order valence-electron chi connectivity index (χ4n) is 1.75. The summed E-state index contributed by atoms with van der Waals surface area (Å²) in [7, 11) is 1.63. The molecule has 0 bridgehead atoms. The zero-order valence-electron chi connectivity index (χ0n) is 12.6. The summed E-state index contributed by atoms with van der Waals surface area (Å²) in [6.07, 6.45) is 6.42. The van der Waals surface area contributed by atoms with E-state index < -0.39 is 0 Å². The van der Waals surface area contributed by atoms with E-state index in [1.165, 1.54) is 12.5 Å². The van der Waals surface area contributed by atoms with Crippen LogP contribution in [0.25, 0.3) is 6.08 Å². The first-order valence-corrected chi connectivity index (χ1v) is 7.10. The quantitative estimate of drug-likeness (QED) is 0.408. The maximum Gasteiger partial charge on any atom is 0.330 e. The van der Waals surface area contributed by atoms with Gasteiger partial charge in [-0.05, 0) is 42.5 Å². The van der Waals surface area contributed by atoms with E-state index in [9.17, 15) is 4.79 Å². The Morgan fingerprint density at radius 3 is 2.50 bits per heavy atom. The van der Waals surface area contributed by atoms with Gasteiger partial charge in [-0.3, -0.25) is 0 Å². The van der Waals surface area contributed by atoms with E-state index in [4.69, 9.17) is 9.47 Å². The van der Waals surface area contributed by atoms with E-state index in [-0.39, 0.29) is 5.97 Å². The minimum atomic E-state index is -0.287. The van der Waals surface area contributed by atoms with E-state index in [0.717, 1.165) is 24.2 Å². The van der Waals surface area contributed by atoms with Crippen LogP contribution in [0.5, 0.6) is 5.75 Å². The molecular formula is C17H24O3. The van der Waals surface area contributed by atoms with Gasteiger partial charge in [0, 0.05) is 6.08 Å². The average Bonchev–Trinajstić information content (AvgIpc) is 2.45. The Bertz CT molecular complexity index is 418. The van der Waals surface area contributed by atoms with Crippen LogP contribution < -0.4 is 4.74 Å². The summed E-state index contributed by atoms with van der Waals surface area (Å²) in [5.74, 6) is 1.22. The normalized spacial score (nSPS) is 11.0. The molecule has 1 rings (SSSR count). The Morgan fingerprint density at radius 2 is 1.90 bits per heavy atom. The van der Waals surface area contributed by atoms with Crippen molar-refractivity contribution in [3.8, 4) is 5.75 Å². The summed E-state index contributed by atoms with van der Waals surface area (Å²) in [6.45, 7) is 4.89. The number of methoxy groups -OCH3 is 1. The number of hydrogen-bond acceptors (Lipinski definition) is 3. The molecule has 0 amide bonds. The second kappa shape index (κ2) is 9.18. The molecule has 0 N–H and O–H groups in total. The Morgan fingerprint density at radius 1 is 1.20 bits per heavy atom. The second-order valence-corrected chi connectivity index (χ2v) is 5.16. The fourth-order valence-corrected chi connectivity index (χ4v) is 1.75. The van der Waals surface area contributed by atoms with Crippen molar-refractivity contribution in [2.45, 2.75) is 33.1 Å². The van der Waals surface area contributed by atoms with Crippen LogP contribution >= 0.6 is 0 Å². The van der Waals surface area contributed by atoms with Crippen molar-refractivity contribution >= 4 is 12.0 Å². The van der Waals surface area contributed by atoms with Gasteiger partial charge in [0.2, 0.25) is 0 Å². The summed E-state index contributed by atoms with van der Waals surface area (Å²) >= 11 is 0. The average molecular weight is 276 g/mol. The number of unbranched alkanes of at least 4 members (excludes halogenated alkanes) is 1. The van der Waals surface area contributed by atoms with E-state index >= 15 is 0 Å². The largest absolute Gasteiger partial charge is 0.497 e. The van der Waals surface area contributed by atoms with Crippen molar-refractivity contribution in [2.75, 3.05) is 13.7 Å². The standard InChI is InChI=1S/C17H24O3/c1-14(2)6-4-5-13-20-17(18)12-9-15-7-10-16(19-3)11-8-15/h7-12,14H,4-6,13H2,1-3H3. The Hall–Kier alpha value is -1.77. The van der Waals surface area contributed by atoms with Crippen molar-refractivity contribution in [2.24, 2.45) is 5.92 Å². The lowest BCUT2D eigenvalue weighted by atomic mass is 10.1. The highest BCUT2D eigenvalue weighted by atomic mass is 16.5. The van der Waals surface area contributed by atoms with Crippen LogP contribution in [0.4, 0.5) is 0 Å². The predicted molar refractivity (Wildman–Crippen MR) is 81.7 cm³/mol. The summed E-state index contributed by atoms with van der Waals surface area (Å²) in [5, 5.41) is 0. The summed E-state index contributed by atoms with van der Waals surface area (Å²) in [5.41, 5.74) is 0.947. The second-order valence-electron chi connectivity index (χ2n) is 5.16. The molecule has 3 nitrogen and oxygen atoms in total. The molecule has 0 heterocycles. The van der Waals surface area contributed by atoms with Crippen molar-refractivity contribution in [3.05, 3.63) is 35.9 Å². The van der Waals surface area contributed by atoms with Crippen molar-refractivity contribution < 1.29 is 14.3 Å². The number of carbonyl (C=O) groups is 1. The highest BCUT2D eigenvalue weighted by Gasteiger charge is 1.98. The molecule has 1 aromatic carbocycles. The molecule has 110 valence electrons. The lowest BCUT2D eigenvalue weighted by molar-refractivity contribution is -0.137. The molecule has 0 saturated carbocycles. The molecule has 0 aliphatic heterocycles. The molecule has 3 heteroatoms. The predicted octanol–water partition coefficient (Wildman–Crippen LogP) is 4.08. The van der Waals surface area contributed by atoms with Crippen molar-refractivity contribution in [1.82, 2.24) is 0 Å². The third kappa shape index (κ3) is 6.98. The SMILES string of the molecule is COc1ccc(C=CC(=O)OCCCCC(C)C)cc1. The van der Waals surface area contributed by atoms with Crippen molar-refractivity contribution in [1.29, 1.82) is 0 Å². The van der Waals surface area contributed by atoms with Gasteiger partial charge in [-0.2, -0.15) is 0 Å². The number of esters is 1. The molecule has 0 radical (unpaired) electrons. The molecule has 0 spiro atoms. The van der Waals surface area contributed by atoms with E-state index in [1.54, 1.807) is 13.2 Å². The zero-order chi connectivity index (χ0) is 14.8. The summed E-state index contributed by atoms with van der Waals surface area (Å²) in [4.78, 5) is 11.5. The van der Waals surface area contributed by atoms with Crippen LogP contribution in [0.3, 0.4) is 0 Å². The van der Waals surface area contributed by atoms with Gasteiger partial charge in [0.05, 0.1) is 13.7 Å². The molecule has 0 aliphatic carbocycles. The van der Waals surface area contributed by atoms with Gasteiger partial charge in [-0.25, -0.2) is 4.79 Å². The van der Waals surface area contributed by atoms with Gasteiger partial charge >= 0.3 is 5.97 Å². The number of benzene rings is 1. The molecule has 0 unspecified atom stereocenters. The van der Waals surface area contributed by atoms with Gasteiger partial charge in [0.15, 0.2) is 0 Å². The minimum absolute atomic E-state index is 0.287. The van der Waals surface area contributed by atoms with Crippen LogP contribution in [-0.2, 0) is 9.53 Å². The topological polar surface area (TPSA) is 35.5 Å². The summed E-state index contributed by atoms with van der Waals surface area (Å²) in [6, 6.07) is 7.50. The molecular weight excluding hydrogens is 252 g/mol. The van der Waals surface area contributed by atoms with Crippen LogP contribution in [0.1, 0.15) is 38.7 Å². The molecule has 0 fully saturated rings. The van der Waals surface area contributed by atoms with Gasteiger partial charge < -0.3 is 9.47 Å². The maximum atomic E-state index is 11.5. The van der Waals surface area contributed by atoms with E-state index in [1.807, 2.05) is 24.3 Å².